The Morgan fingerprint density at radius 1 is 0.909 bits per heavy atom. The van der Waals surface area contributed by atoms with E-state index in [2.05, 4.69) is 52.6 Å². The van der Waals surface area contributed by atoms with Crippen LogP contribution in [0.1, 0.15) is 19.8 Å². The average Bonchev–Trinajstić information content (AvgIpc) is 3.24. The summed E-state index contributed by atoms with van der Waals surface area (Å²) in [5.74, 6) is 1.79. The van der Waals surface area contributed by atoms with Gasteiger partial charge >= 0.3 is 20.1 Å². The van der Waals surface area contributed by atoms with E-state index in [9.17, 15) is 0 Å². The van der Waals surface area contributed by atoms with Crippen molar-refractivity contribution in [3.05, 3.63) is 104 Å². The molecule has 2 aliphatic heterocycles. The number of ether oxygens (including phenoxy) is 1. The van der Waals surface area contributed by atoms with Crippen molar-refractivity contribution in [3.8, 4) is 22.8 Å². The Morgan fingerprint density at radius 2 is 1.76 bits per heavy atom. The SMILES string of the molecule is CCCCN1[CH-]N2c3[c-]cccc3Oc3cccc1c32.[Ir+3].[c-]1ccccc1-c1ccccn1. The molecule has 2 aliphatic rings. The van der Waals surface area contributed by atoms with E-state index in [1.165, 1.54) is 18.5 Å². The van der Waals surface area contributed by atoms with E-state index in [1.54, 1.807) is 6.20 Å². The zero-order valence-corrected chi connectivity index (χ0v) is 20.8. The van der Waals surface area contributed by atoms with Crippen LogP contribution >= 0.6 is 0 Å². The Morgan fingerprint density at radius 3 is 2.55 bits per heavy atom. The van der Waals surface area contributed by atoms with Crippen molar-refractivity contribution >= 4 is 17.1 Å². The van der Waals surface area contributed by atoms with E-state index >= 15 is 0 Å². The van der Waals surface area contributed by atoms with Crippen molar-refractivity contribution in [2.24, 2.45) is 0 Å². The first-order valence-electron chi connectivity index (χ1n) is 11.0. The number of fused-ring (bicyclic) bond motifs is 2. The second-order valence-electron chi connectivity index (χ2n) is 7.63. The van der Waals surface area contributed by atoms with Gasteiger partial charge in [-0.15, -0.1) is 42.0 Å². The number of pyridine rings is 1. The molecule has 0 aliphatic carbocycles. The smallest absolute Gasteiger partial charge is 0.513 e. The van der Waals surface area contributed by atoms with Gasteiger partial charge in [0.2, 0.25) is 0 Å². The first-order valence-corrected chi connectivity index (χ1v) is 11.0. The van der Waals surface area contributed by atoms with Crippen LogP contribution in [0, 0.1) is 18.8 Å². The number of hydrogen-bond acceptors (Lipinski definition) is 4. The van der Waals surface area contributed by atoms with Gasteiger partial charge in [-0.3, -0.25) is 0 Å². The number of para-hydroxylation sites is 2. The standard InChI is InChI=1S/C17H16N2O.C11H8N.Ir/c1-2-3-11-18-12-19-13-7-4-5-9-15(13)20-16-10-6-8-14(18)17(16)19;1-2-6-10(7-3-1)11-8-4-5-9-12-11;/h4-6,8-10,12H,2-3,11H2,1H3;1-6,8-9H;/q-2;-1;+3. The van der Waals surface area contributed by atoms with Gasteiger partial charge in [0, 0.05) is 17.6 Å². The molecule has 0 unspecified atom stereocenters. The Bertz CT molecular complexity index is 1150. The summed E-state index contributed by atoms with van der Waals surface area (Å²) in [5.41, 5.74) is 5.36. The molecule has 0 fully saturated rings. The van der Waals surface area contributed by atoms with Crippen LogP contribution in [-0.2, 0) is 20.1 Å². The number of anilines is 3. The topological polar surface area (TPSA) is 28.6 Å². The molecule has 4 nitrogen and oxygen atoms in total. The van der Waals surface area contributed by atoms with Crippen LogP contribution in [0.5, 0.6) is 11.5 Å². The van der Waals surface area contributed by atoms with Crippen LogP contribution in [0.4, 0.5) is 17.1 Å². The maximum Gasteiger partial charge on any atom is 3.00 e. The monoisotopic (exact) mass is 611 g/mol. The number of rotatable bonds is 4. The Hall–Kier alpha value is -3.14. The first kappa shape index (κ1) is 23.0. The molecule has 3 heterocycles. The van der Waals surface area contributed by atoms with Crippen LogP contribution in [-0.4, -0.2) is 11.5 Å². The summed E-state index contributed by atoms with van der Waals surface area (Å²) in [4.78, 5) is 8.72. The van der Waals surface area contributed by atoms with Gasteiger partial charge in [-0.25, -0.2) is 0 Å². The number of hydrogen-bond donors (Lipinski definition) is 0. The molecule has 0 saturated carbocycles. The second-order valence-corrected chi connectivity index (χ2v) is 7.63. The molecule has 0 spiro atoms. The molecular weight excluding hydrogens is 587 g/mol. The Labute approximate surface area is 209 Å². The van der Waals surface area contributed by atoms with Crippen molar-refractivity contribution < 1.29 is 24.8 Å². The van der Waals surface area contributed by atoms with E-state index in [-0.39, 0.29) is 20.1 Å². The van der Waals surface area contributed by atoms with E-state index in [4.69, 9.17) is 4.74 Å². The molecule has 5 heteroatoms. The predicted molar refractivity (Wildman–Crippen MR) is 129 cm³/mol. The van der Waals surface area contributed by atoms with E-state index in [0.29, 0.717) is 0 Å². The number of benzene rings is 3. The molecule has 166 valence electrons. The van der Waals surface area contributed by atoms with Gasteiger partial charge in [-0.05, 0) is 36.9 Å². The van der Waals surface area contributed by atoms with Crippen molar-refractivity contribution in [2.75, 3.05) is 16.3 Å². The normalized spacial score (nSPS) is 12.5. The van der Waals surface area contributed by atoms with Crippen molar-refractivity contribution in [1.82, 2.24) is 4.98 Å². The third kappa shape index (κ3) is 4.80. The summed E-state index contributed by atoms with van der Waals surface area (Å²) in [6.45, 7) is 5.42. The minimum absolute atomic E-state index is 0. The summed E-state index contributed by atoms with van der Waals surface area (Å²) in [5, 5.41) is 0. The fourth-order valence-corrected chi connectivity index (χ4v) is 3.88. The Balaban J connectivity index is 0.000000172. The molecule has 33 heavy (non-hydrogen) atoms. The van der Waals surface area contributed by atoms with Crippen molar-refractivity contribution in [2.45, 2.75) is 19.8 Å². The minimum atomic E-state index is 0. The Kier molecular flexibility index (Phi) is 7.43. The van der Waals surface area contributed by atoms with Gasteiger partial charge < -0.3 is 19.5 Å². The molecule has 0 N–H and O–H groups in total. The summed E-state index contributed by atoms with van der Waals surface area (Å²) in [7, 11) is 0. The molecule has 3 aromatic carbocycles. The summed E-state index contributed by atoms with van der Waals surface area (Å²) < 4.78 is 6.00. The fraction of sp³-hybridized carbons (Fsp3) is 0.143. The van der Waals surface area contributed by atoms with E-state index in [1.807, 2.05) is 66.7 Å². The fourth-order valence-electron chi connectivity index (χ4n) is 3.88. The van der Waals surface area contributed by atoms with Crippen LogP contribution < -0.4 is 14.5 Å². The number of unbranched alkanes of at least 4 members (excludes halogenated alkanes) is 1. The minimum Gasteiger partial charge on any atom is -0.513 e. The molecular formula is C28H24IrN3O. The van der Waals surface area contributed by atoms with Gasteiger partial charge in [0.25, 0.3) is 0 Å². The summed E-state index contributed by atoms with van der Waals surface area (Å²) >= 11 is 0. The zero-order chi connectivity index (χ0) is 21.8. The van der Waals surface area contributed by atoms with Gasteiger partial charge in [-0.2, -0.15) is 24.9 Å². The van der Waals surface area contributed by atoms with Crippen LogP contribution in [0.25, 0.3) is 11.3 Å². The molecule has 0 radical (unpaired) electrons. The van der Waals surface area contributed by atoms with Crippen LogP contribution in [0.3, 0.4) is 0 Å². The van der Waals surface area contributed by atoms with Gasteiger partial charge in [0.1, 0.15) is 5.75 Å². The van der Waals surface area contributed by atoms with Crippen LogP contribution in [0.15, 0.2) is 85.1 Å². The van der Waals surface area contributed by atoms with E-state index in [0.717, 1.165) is 40.7 Å². The molecule has 0 bridgehead atoms. The number of aromatic nitrogens is 1. The molecule has 0 amide bonds. The van der Waals surface area contributed by atoms with E-state index < -0.39 is 0 Å². The zero-order valence-electron chi connectivity index (χ0n) is 18.4. The average molecular weight is 611 g/mol. The summed E-state index contributed by atoms with van der Waals surface area (Å²) in [6, 6.07) is 32.2. The molecule has 0 saturated heterocycles. The van der Waals surface area contributed by atoms with Gasteiger partial charge in [0.05, 0.1) is 5.69 Å². The number of nitrogens with zero attached hydrogens (tertiary/aromatic N) is 3. The largest absolute Gasteiger partial charge is 3.00 e. The predicted octanol–water partition coefficient (Wildman–Crippen LogP) is 7.02. The maximum atomic E-state index is 6.00. The summed E-state index contributed by atoms with van der Waals surface area (Å²) in [6.07, 6.45) is 4.16. The van der Waals surface area contributed by atoms with Crippen molar-refractivity contribution in [1.29, 1.82) is 0 Å². The molecule has 4 aromatic rings. The van der Waals surface area contributed by atoms with Crippen LogP contribution in [0.2, 0.25) is 0 Å². The molecule has 1 aromatic heterocycles. The molecule has 6 rings (SSSR count). The third-order valence-electron chi connectivity index (χ3n) is 5.44. The van der Waals surface area contributed by atoms with Crippen molar-refractivity contribution in [3.63, 3.8) is 0 Å². The van der Waals surface area contributed by atoms with Gasteiger partial charge in [0.15, 0.2) is 0 Å². The molecule has 0 atom stereocenters. The quantitative estimate of drug-likeness (QED) is 0.233. The van der Waals surface area contributed by atoms with Gasteiger partial charge in [-0.1, -0.05) is 37.2 Å². The third-order valence-corrected chi connectivity index (χ3v) is 5.44. The first-order chi connectivity index (χ1) is 15.8. The second kappa shape index (κ2) is 10.7. The maximum absolute atomic E-state index is 6.00.